The van der Waals surface area contributed by atoms with Crippen molar-refractivity contribution >= 4 is 26.0 Å². The number of nitrogens with one attached hydrogen (secondary N) is 2. The van der Waals surface area contributed by atoms with Gasteiger partial charge in [-0.3, -0.25) is 0 Å². The Balaban J connectivity index is 2.05. The Labute approximate surface area is 118 Å². The number of benzene rings is 1. The molecule has 0 bridgehead atoms. The number of H-pyrrole nitrogens is 1. The predicted molar refractivity (Wildman–Crippen MR) is 71.6 cm³/mol. The summed E-state index contributed by atoms with van der Waals surface area (Å²) < 4.78 is 39.5. The number of imidazole rings is 1. The Morgan fingerprint density at radius 2 is 2.21 bits per heavy atom. The SMILES string of the molecule is O=S(=O)(NCCc1ncc[nH]1)c1ccc(F)cc1Br. The Morgan fingerprint density at radius 1 is 1.42 bits per heavy atom. The number of hydrogen-bond donors (Lipinski definition) is 2. The Kier molecular flexibility index (Phi) is 4.33. The van der Waals surface area contributed by atoms with Crippen molar-refractivity contribution in [2.75, 3.05) is 6.54 Å². The first-order chi connectivity index (χ1) is 8.99. The average Bonchev–Trinajstić information content (AvgIpc) is 2.81. The molecule has 2 aromatic rings. The molecule has 0 fully saturated rings. The maximum atomic E-state index is 12.9. The van der Waals surface area contributed by atoms with Gasteiger partial charge in [0.15, 0.2) is 0 Å². The van der Waals surface area contributed by atoms with Gasteiger partial charge in [-0.05, 0) is 34.1 Å². The molecular formula is C11H11BrFN3O2S. The van der Waals surface area contributed by atoms with Gasteiger partial charge in [0, 0.05) is 29.8 Å². The van der Waals surface area contributed by atoms with Gasteiger partial charge >= 0.3 is 0 Å². The third-order valence-electron chi connectivity index (χ3n) is 2.39. The number of rotatable bonds is 5. The summed E-state index contributed by atoms with van der Waals surface area (Å²) >= 11 is 3.04. The first-order valence-electron chi connectivity index (χ1n) is 5.42. The van der Waals surface area contributed by atoms with Crippen LogP contribution in [0.15, 0.2) is 40.0 Å². The van der Waals surface area contributed by atoms with Crippen LogP contribution in [0.1, 0.15) is 5.82 Å². The van der Waals surface area contributed by atoms with Crippen molar-refractivity contribution in [3.63, 3.8) is 0 Å². The lowest BCUT2D eigenvalue weighted by Crippen LogP contribution is -2.26. The van der Waals surface area contributed by atoms with Gasteiger partial charge < -0.3 is 4.98 Å². The molecule has 0 radical (unpaired) electrons. The molecule has 0 unspecified atom stereocenters. The number of aromatic amines is 1. The lowest BCUT2D eigenvalue weighted by atomic mass is 10.3. The van der Waals surface area contributed by atoms with Gasteiger partial charge in [0.05, 0.1) is 4.90 Å². The van der Waals surface area contributed by atoms with E-state index in [0.717, 1.165) is 12.1 Å². The van der Waals surface area contributed by atoms with Crippen LogP contribution in [0.4, 0.5) is 4.39 Å². The topological polar surface area (TPSA) is 74.8 Å². The summed E-state index contributed by atoms with van der Waals surface area (Å²) in [7, 11) is -3.67. The minimum atomic E-state index is -3.67. The van der Waals surface area contributed by atoms with E-state index in [2.05, 4.69) is 30.6 Å². The number of hydrogen-bond acceptors (Lipinski definition) is 3. The van der Waals surface area contributed by atoms with Crippen molar-refractivity contribution in [2.45, 2.75) is 11.3 Å². The third-order valence-corrected chi connectivity index (χ3v) is 4.83. The van der Waals surface area contributed by atoms with Gasteiger partial charge in [-0.15, -0.1) is 0 Å². The molecule has 0 saturated carbocycles. The molecule has 1 aromatic heterocycles. The molecule has 0 aliphatic heterocycles. The standard InChI is InChI=1S/C11H11BrFN3O2S/c12-9-7-8(13)1-2-10(9)19(17,18)16-4-3-11-14-5-6-15-11/h1-2,5-7,16H,3-4H2,(H,14,15). The second-order valence-corrected chi connectivity index (χ2v) is 6.35. The molecule has 0 aliphatic carbocycles. The second-order valence-electron chi connectivity index (χ2n) is 3.76. The molecule has 0 amide bonds. The summed E-state index contributed by atoms with van der Waals surface area (Å²) in [4.78, 5) is 6.87. The number of halogens is 2. The van der Waals surface area contributed by atoms with Crippen LogP contribution in [0.5, 0.6) is 0 Å². The molecule has 0 atom stereocenters. The molecule has 8 heteroatoms. The predicted octanol–water partition coefficient (Wildman–Crippen LogP) is 1.83. The van der Waals surface area contributed by atoms with E-state index in [0.29, 0.717) is 12.2 Å². The van der Waals surface area contributed by atoms with Crippen molar-refractivity contribution in [2.24, 2.45) is 0 Å². The normalized spacial score (nSPS) is 11.7. The summed E-state index contributed by atoms with van der Waals surface area (Å²) in [5.41, 5.74) is 0. The van der Waals surface area contributed by atoms with E-state index in [-0.39, 0.29) is 15.9 Å². The molecule has 1 heterocycles. The maximum absolute atomic E-state index is 12.9. The van der Waals surface area contributed by atoms with Gasteiger partial charge in [0.25, 0.3) is 0 Å². The molecule has 0 spiro atoms. The quantitative estimate of drug-likeness (QED) is 0.866. The van der Waals surface area contributed by atoms with E-state index in [1.54, 1.807) is 12.4 Å². The van der Waals surface area contributed by atoms with Crippen LogP contribution in [-0.4, -0.2) is 24.9 Å². The van der Waals surface area contributed by atoms with Crippen molar-refractivity contribution in [3.8, 4) is 0 Å². The fraction of sp³-hybridized carbons (Fsp3) is 0.182. The molecule has 5 nitrogen and oxygen atoms in total. The maximum Gasteiger partial charge on any atom is 0.241 e. The van der Waals surface area contributed by atoms with Crippen LogP contribution >= 0.6 is 15.9 Å². The van der Waals surface area contributed by atoms with Gasteiger partial charge in [0.1, 0.15) is 11.6 Å². The van der Waals surface area contributed by atoms with Crippen molar-refractivity contribution < 1.29 is 12.8 Å². The lowest BCUT2D eigenvalue weighted by Gasteiger charge is -2.07. The molecule has 1 aromatic carbocycles. The fourth-order valence-corrected chi connectivity index (χ4v) is 3.59. The Morgan fingerprint density at radius 3 is 2.84 bits per heavy atom. The zero-order valence-corrected chi connectivity index (χ0v) is 12.1. The highest BCUT2D eigenvalue weighted by molar-refractivity contribution is 9.10. The largest absolute Gasteiger partial charge is 0.349 e. The third kappa shape index (κ3) is 3.62. The smallest absolute Gasteiger partial charge is 0.241 e. The van der Waals surface area contributed by atoms with E-state index < -0.39 is 15.8 Å². The monoisotopic (exact) mass is 347 g/mol. The summed E-state index contributed by atoms with van der Waals surface area (Å²) in [6.45, 7) is 0.208. The van der Waals surface area contributed by atoms with E-state index in [1.165, 1.54) is 6.07 Å². The molecule has 2 rings (SSSR count). The second kappa shape index (κ2) is 5.81. The van der Waals surface area contributed by atoms with Crippen LogP contribution in [0, 0.1) is 5.82 Å². The van der Waals surface area contributed by atoms with E-state index in [4.69, 9.17) is 0 Å². The van der Waals surface area contributed by atoms with E-state index >= 15 is 0 Å². The zero-order chi connectivity index (χ0) is 13.9. The van der Waals surface area contributed by atoms with Crippen molar-refractivity contribution in [1.29, 1.82) is 0 Å². The van der Waals surface area contributed by atoms with Crippen LogP contribution < -0.4 is 4.72 Å². The summed E-state index contributed by atoms with van der Waals surface area (Å²) in [5, 5.41) is 0. The van der Waals surface area contributed by atoms with Crippen molar-refractivity contribution in [3.05, 3.63) is 46.7 Å². The molecule has 0 saturated heterocycles. The molecule has 0 aliphatic rings. The number of aromatic nitrogens is 2. The van der Waals surface area contributed by atoms with Gasteiger partial charge in [-0.25, -0.2) is 22.5 Å². The van der Waals surface area contributed by atoms with E-state index in [1.807, 2.05) is 0 Å². The first kappa shape index (κ1) is 14.2. The highest BCUT2D eigenvalue weighted by Crippen LogP contribution is 2.22. The zero-order valence-electron chi connectivity index (χ0n) is 9.73. The highest BCUT2D eigenvalue weighted by Gasteiger charge is 2.17. The molecular weight excluding hydrogens is 337 g/mol. The molecule has 2 N–H and O–H groups in total. The minimum absolute atomic E-state index is 0.00773. The summed E-state index contributed by atoms with van der Waals surface area (Å²) in [6.07, 6.45) is 3.71. The van der Waals surface area contributed by atoms with Crippen LogP contribution in [-0.2, 0) is 16.4 Å². The number of nitrogens with zero attached hydrogens (tertiary/aromatic N) is 1. The van der Waals surface area contributed by atoms with Crippen LogP contribution in [0.2, 0.25) is 0 Å². The van der Waals surface area contributed by atoms with Gasteiger partial charge in [-0.2, -0.15) is 0 Å². The lowest BCUT2D eigenvalue weighted by molar-refractivity contribution is 0.579. The minimum Gasteiger partial charge on any atom is -0.349 e. The summed E-state index contributed by atoms with van der Waals surface area (Å²) in [6, 6.07) is 3.43. The first-order valence-corrected chi connectivity index (χ1v) is 7.69. The van der Waals surface area contributed by atoms with Crippen LogP contribution in [0.25, 0.3) is 0 Å². The average molecular weight is 348 g/mol. The Hall–Kier alpha value is -1.25. The van der Waals surface area contributed by atoms with Crippen LogP contribution in [0.3, 0.4) is 0 Å². The summed E-state index contributed by atoms with van der Waals surface area (Å²) in [5.74, 6) is 0.197. The highest BCUT2D eigenvalue weighted by atomic mass is 79.9. The number of sulfonamides is 1. The Bertz CT molecular complexity index is 659. The van der Waals surface area contributed by atoms with Gasteiger partial charge in [-0.1, -0.05) is 0 Å². The molecule has 102 valence electrons. The van der Waals surface area contributed by atoms with Crippen molar-refractivity contribution in [1.82, 2.24) is 14.7 Å². The van der Waals surface area contributed by atoms with Gasteiger partial charge in [0.2, 0.25) is 10.0 Å². The van der Waals surface area contributed by atoms with E-state index in [9.17, 15) is 12.8 Å². The molecule has 19 heavy (non-hydrogen) atoms. The fourth-order valence-electron chi connectivity index (χ4n) is 1.51.